The maximum Gasteiger partial charge on any atom is 0.270 e. The predicted octanol–water partition coefficient (Wildman–Crippen LogP) is 5.09. The molecule has 34 heavy (non-hydrogen) atoms. The maximum absolute atomic E-state index is 13.4. The van der Waals surface area contributed by atoms with E-state index in [-0.39, 0.29) is 17.0 Å². The minimum absolute atomic E-state index is 0.120. The topological polar surface area (TPSA) is 69.3 Å². The van der Waals surface area contributed by atoms with Gasteiger partial charge < -0.3 is 4.90 Å². The van der Waals surface area contributed by atoms with Gasteiger partial charge in [0.15, 0.2) is 0 Å². The van der Waals surface area contributed by atoms with Crippen LogP contribution in [0, 0.1) is 18.3 Å². The number of hydrogen-bond acceptors (Lipinski definition) is 6. The number of rotatable bonds is 6. The molecule has 2 aliphatic rings. The van der Waals surface area contributed by atoms with E-state index in [0.29, 0.717) is 32.9 Å². The van der Waals surface area contributed by atoms with E-state index in [1.165, 1.54) is 11.8 Å². The first-order chi connectivity index (χ1) is 16.4. The van der Waals surface area contributed by atoms with Gasteiger partial charge in [0.2, 0.25) is 0 Å². The Morgan fingerprint density at radius 2 is 1.94 bits per heavy atom. The van der Waals surface area contributed by atoms with Crippen LogP contribution in [0.3, 0.4) is 0 Å². The number of pyridine rings is 1. The van der Waals surface area contributed by atoms with E-state index in [0.717, 1.165) is 49.3 Å². The van der Waals surface area contributed by atoms with E-state index in [1.807, 2.05) is 25.1 Å². The van der Waals surface area contributed by atoms with E-state index < -0.39 is 0 Å². The molecule has 0 bridgehead atoms. The molecule has 6 nitrogen and oxygen atoms in total. The highest BCUT2D eigenvalue weighted by Crippen LogP contribution is 2.37. The summed E-state index contributed by atoms with van der Waals surface area (Å²) in [6.07, 6.45) is 4.65. The Balaban J connectivity index is 1.82. The van der Waals surface area contributed by atoms with Gasteiger partial charge in [-0.2, -0.15) is 5.26 Å². The Labute approximate surface area is 213 Å². The number of nitriles is 1. The summed E-state index contributed by atoms with van der Waals surface area (Å²) in [5.74, 6) is 0.589. The number of halogens is 1. The molecule has 9 heteroatoms. The van der Waals surface area contributed by atoms with Crippen LogP contribution in [0.5, 0.6) is 0 Å². The molecule has 0 atom stereocenters. The van der Waals surface area contributed by atoms with Crippen molar-refractivity contribution in [1.82, 2.24) is 9.47 Å². The monoisotopic (exact) mass is 512 g/mol. The Kier molecular flexibility index (Phi) is 7.46. The lowest BCUT2D eigenvalue weighted by atomic mass is 10.0. The van der Waals surface area contributed by atoms with Crippen molar-refractivity contribution in [1.29, 1.82) is 5.26 Å². The molecule has 2 aromatic rings. The van der Waals surface area contributed by atoms with Crippen molar-refractivity contribution >= 4 is 57.7 Å². The molecular weight excluding hydrogens is 488 g/mol. The highest BCUT2D eigenvalue weighted by molar-refractivity contribution is 8.26. The van der Waals surface area contributed by atoms with Gasteiger partial charge in [0.1, 0.15) is 21.8 Å². The van der Waals surface area contributed by atoms with Crippen LogP contribution in [0.4, 0.5) is 5.82 Å². The van der Waals surface area contributed by atoms with E-state index >= 15 is 0 Å². The molecule has 0 saturated carbocycles. The minimum atomic E-state index is -0.271. The lowest BCUT2D eigenvalue weighted by molar-refractivity contribution is -0.122. The summed E-state index contributed by atoms with van der Waals surface area (Å²) in [5, 5.41) is 10.3. The van der Waals surface area contributed by atoms with Crippen LogP contribution in [0.15, 0.2) is 34.0 Å². The van der Waals surface area contributed by atoms with E-state index in [9.17, 15) is 14.9 Å². The van der Waals surface area contributed by atoms with Crippen LogP contribution < -0.4 is 10.5 Å². The van der Waals surface area contributed by atoms with E-state index in [4.69, 9.17) is 23.8 Å². The fourth-order valence-electron chi connectivity index (χ4n) is 4.41. The van der Waals surface area contributed by atoms with Gasteiger partial charge in [0.05, 0.1) is 11.4 Å². The first-order valence-corrected chi connectivity index (χ1v) is 12.9. The largest absolute Gasteiger partial charge is 0.357 e. The number of amides is 1. The molecule has 1 aromatic heterocycles. The minimum Gasteiger partial charge on any atom is -0.357 e. The zero-order chi connectivity index (χ0) is 24.4. The lowest BCUT2D eigenvalue weighted by Gasteiger charge is -2.26. The second-order valence-corrected chi connectivity index (χ2v) is 10.4. The van der Waals surface area contributed by atoms with Crippen molar-refractivity contribution in [3.05, 3.63) is 66.8 Å². The molecule has 0 spiro atoms. The second kappa shape index (κ2) is 10.3. The van der Waals surface area contributed by atoms with Gasteiger partial charge in [-0.1, -0.05) is 60.7 Å². The van der Waals surface area contributed by atoms with Crippen LogP contribution in [-0.2, 0) is 17.9 Å². The van der Waals surface area contributed by atoms with Crippen molar-refractivity contribution in [2.24, 2.45) is 0 Å². The van der Waals surface area contributed by atoms with Crippen LogP contribution in [0.25, 0.3) is 6.08 Å². The molecule has 1 aromatic carbocycles. The third kappa shape index (κ3) is 4.52. The molecule has 2 fully saturated rings. The zero-order valence-electron chi connectivity index (χ0n) is 19.1. The summed E-state index contributed by atoms with van der Waals surface area (Å²) >= 11 is 13.1. The van der Waals surface area contributed by atoms with Crippen molar-refractivity contribution in [2.45, 2.75) is 46.2 Å². The van der Waals surface area contributed by atoms with Crippen molar-refractivity contribution in [3.63, 3.8) is 0 Å². The van der Waals surface area contributed by atoms with Crippen LogP contribution in [0.1, 0.15) is 48.4 Å². The van der Waals surface area contributed by atoms with Gasteiger partial charge in [-0.15, -0.1) is 0 Å². The average Bonchev–Trinajstić information content (AvgIpc) is 3.43. The van der Waals surface area contributed by atoms with E-state index in [1.54, 1.807) is 28.5 Å². The van der Waals surface area contributed by atoms with Crippen LogP contribution >= 0.6 is 35.6 Å². The number of nitrogens with zero attached hydrogens (tertiary/aromatic N) is 4. The molecule has 0 unspecified atom stereocenters. The number of thioether (sulfide) groups is 1. The van der Waals surface area contributed by atoms with Crippen molar-refractivity contribution in [2.75, 3.05) is 18.0 Å². The van der Waals surface area contributed by atoms with Gasteiger partial charge in [-0.05, 0) is 49.5 Å². The molecular formula is C25H25ClN4O2S2. The Morgan fingerprint density at radius 1 is 1.24 bits per heavy atom. The SMILES string of the molecule is CCCn1c(N2CCCC2)c(/C=C2/SC(=S)N(Cc3ccccc3Cl)C2=O)c(C)c(C#N)c1=O. The normalized spacial score (nSPS) is 17.2. The first-order valence-electron chi connectivity index (χ1n) is 11.3. The molecule has 4 rings (SSSR count). The summed E-state index contributed by atoms with van der Waals surface area (Å²) in [5.41, 5.74) is 2.00. The van der Waals surface area contributed by atoms with Crippen LogP contribution in [-0.4, -0.2) is 32.8 Å². The number of carbonyl (C=O) groups is 1. The summed E-state index contributed by atoms with van der Waals surface area (Å²) in [6, 6.07) is 9.47. The molecule has 1 amide bonds. The number of aromatic nitrogens is 1. The summed E-state index contributed by atoms with van der Waals surface area (Å²) in [7, 11) is 0. The third-order valence-corrected chi connectivity index (χ3v) is 7.88. The predicted molar refractivity (Wildman–Crippen MR) is 142 cm³/mol. The molecule has 176 valence electrons. The third-order valence-electron chi connectivity index (χ3n) is 6.13. The standard InChI is InChI=1S/C25H25ClN4O2S2/c1-3-10-29-22(28-11-6-7-12-28)18(16(2)19(14-27)23(29)31)13-21-24(32)30(25(33)34-21)15-17-8-4-5-9-20(17)26/h4-5,8-9,13H,3,6-7,10-12,15H2,1-2H3/b21-13+. The van der Waals surface area contributed by atoms with Gasteiger partial charge in [-0.25, -0.2) is 0 Å². The van der Waals surface area contributed by atoms with Gasteiger partial charge in [0.25, 0.3) is 11.5 Å². The molecule has 0 N–H and O–H groups in total. The molecule has 2 saturated heterocycles. The molecule has 0 aliphatic carbocycles. The maximum atomic E-state index is 13.4. The Bertz CT molecular complexity index is 1290. The highest BCUT2D eigenvalue weighted by atomic mass is 35.5. The first kappa shape index (κ1) is 24.5. The average molecular weight is 513 g/mol. The summed E-state index contributed by atoms with van der Waals surface area (Å²) in [4.78, 5) is 30.8. The second-order valence-electron chi connectivity index (χ2n) is 8.36. The molecule has 3 heterocycles. The zero-order valence-corrected chi connectivity index (χ0v) is 21.5. The summed E-state index contributed by atoms with van der Waals surface area (Å²) < 4.78 is 2.16. The molecule has 0 radical (unpaired) electrons. The fourth-order valence-corrected chi connectivity index (χ4v) is 5.84. The number of hydrogen-bond donors (Lipinski definition) is 0. The highest BCUT2D eigenvalue weighted by Gasteiger charge is 2.34. The number of thiocarbonyl (C=S) groups is 1. The van der Waals surface area contributed by atoms with Crippen molar-refractivity contribution < 1.29 is 4.79 Å². The Morgan fingerprint density at radius 3 is 2.59 bits per heavy atom. The quantitative estimate of drug-likeness (QED) is 0.396. The number of anilines is 1. The fraction of sp³-hybridized carbons (Fsp3) is 0.360. The Hall–Kier alpha value is -2.60. The number of carbonyl (C=O) groups excluding carboxylic acids is 1. The van der Waals surface area contributed by atoms with Crippen LogP contribution in [0.2, 0.25) is 5.02 Å². The lowest BCUT2D eigenvalue weighted by Crippen LogP contribution is -2.33. The number of benzene rings is 1. The smallest absolute Gasteiger partial charge is 0.270 e. The molecule has 2 aliphatic heterocycles. The van der Waals surface area contributed by atoms with Gasteiger partial charge in [-0.3, -0.25) is 19.1 Å². The summed E-state index contributed by atoms with van der Waals surface area (Å²) in [6.45, 7) is 6.26. The van der Waals surface area contributed by atoms with E-state index in [2.05, 4.69) is 11.0 Å². The van der Waals surface area contributed by atoms with Gasteiger partial charge in [0, 0.05) is 30.2 Å². The van der Waals surface area contributed by atoms with Crippen molar-refractivity contribution in [3.8, 4) is 6.07 Å². The van der Waals surface area contributed by atoms with Gasteiger partial charge >= 0.3 is 0 Å².